The van der Waals surface area contributed by atoms with E-state index >= 15 is 0 Å². The summed E-state index contributed by atoms with van der Waals surface area (Å²) < 4.78 is 99.8. The Hall–Kier alpha value is -3.90. The molecule has 1 N–H and O–H groups in total. The second kappa shape index (κ2) is 8.69. The molecule has 3 aromatic rings. The number of halogens is 7. The third-order valence-electron chi connectivity index (χ3n) is 3.74. The first-order valence-corrected chi connectivity index (χ1v) is 8.44. The highest BCUT2D eigenvalue weighted by molar-refractivity contribution is 6.06. The minimum absolute atomic E-state index is 0.0334. The van der Waals surface area contributed by atoms with Crippen molar-refractivity contribution in [2.75, 3.05) is 5.32 Å². The van der Waals surface area contributed by atoms with Crippen molar-refractivity contribution in [2.45, 2.75) is 12.5 Å². The molecule has 32 heavy (non-hydrogen) atoms. The molecule has 0 bridgehead atoms. The van der Waals surface area contributed by atoms with Crippen molar-refractivity contribution in [3.8, 4) is 17.2 Å². The number of aromatic nitrogens is 2. The van der Waals surface area contributed by atoms with Crippen LogP contribution >= 0.6 is 0 Å². The van der Waals surface area contributed by atoms with Crippen molar-refractivity contribution >= 4 is 11.6 Å². The molecule has 0 atom stereocenters. The molecular weight excluding hydrogens is 451 g/mol. The predicted octanol–water partition coefficient (Wildman–Crippen LogP) is 5.58. The SMILES string of the molecule is O=C(Nc1cncnc1)c1c(Oc2ccc(OC(F)(F)F)cc2)ccc(C(F)(F)F)c1F. The van der Waals surface area contributed by atoms with E-state index in [0.29, 0.717) is 12.1 Å². The zero-order valence-corrected chi connectivity index (χ0v) is 15.5. The Kier molecular flexibility index (Phi) is 6.18. The van der Waals surface area contributed by atoms with Gasteiger partial charge in [0.25, 0.3) is 5.91 Å². The second-order valence-electron chi connectivity index (χ2n) is 6.00. The van der Waals surface area contributed by atoms with Crippen LogP contribution in [0.3, 0.4) is 0 Å². The minimum atomic E-state index is -5.11. The Labute approximate surface area is 174 Å². The first-order valence-electron chi connectivity index (χ1n) is 8.44. The third-order valence-corrected chi connectivity index (χ3v) is 3.74. The van der Waals surface area contributed by atoms with Crippen LogP contribution in [0.4, 0.5) is 36.4 Å². The van der Waals surface area contributed by atoms with E-state index in [0.717, 1.165) is 43.0 Å². The van der Waals surface area contributed by atoms with Crippen molar-refractivity contribution in [2.24, 2.45) is 0 Å². The van der Waals surface area contributed by atoms with Crippen LogP contribution in [0.15, 0.2) is 55.1 Å². The number of carbonyl (C=O) groups is 1. The van der Waals surface area contributed by atoms with Gasteiger partial charge in [-0.2, -0.15) is 13.2 Å². The van der Waals surface area contributed by atoms with Gasteiger partial charge in [-0.15, -0.1) is 13.2 Å². The average Bonchev–Trinajstić information content (AvgIpc) is 2.68. The fraction of sp³-hybridized carbons (Fsp3) is 0.105. The molecule has 1 amide bonds. The number of alkyl halides is 6. The minimum Gasteiger partial charge on any atom is -0.456 e. The highest BCUT2D eigenvalue weighted by Gasteiger charge is 2.37. The van der Waals surface area contributed by atoms with Crippen molar-refractivity contribution in [3.05, 3.63) is 72.1 Å². The molecule has 0 fully saturated rings. The maximum Gasteiger partial charge on any atom is 0.573 e. The molecule has 0 aliphatic rings. The topological polar surface area (TPSA) is 73.3 Å². The maximum absolute atomic E-state index is 14.7. The van der Waals surface area contributed by atoms with Crippen LogP contribution in [0, 0.1) is 5.82 Å². The van der Waals surface area contributed by atoms with Crippen LogP contribution in [0.1, 0.15) is 15.9 Å². The molecule has 6 nitrogen and oxygen atoms in total. The Bertz CT molecular complexity index is 1100. The van der Waals surface area contributed by atoms with E-state index in [2.05, 4.69) is 20.0 Å². The molecule has 168 valence electrons. The lowest BCUT2D eigenvalue weighted by Crippen LogP contribution is -2.19. The normalized spacial score (nSPS) is 11.7. The highest BCUT2D eigenvalue weighted by atomic mass is 19.4. The summed E-state index contributed by atoms with van der Waals surface area (Å²) in [7, 11) is 0. The third kappa shape index (κ3) is 5.62. The molecule has 1 heterocycles. The van der Waals surface area contributed by atoms with E-state index in [4.69, 9.17) is 4.74 Å². The molecule has 1 aromatic heterocycles. The Morgan fingerprint density at radius 1 is 0.875 bits per heavy atom. The number of benzene rings is 2. The summed E-state index contributed by atoms with van der Waals surface area (Å²) >= 11 is 0. The first kappa shape index (κ1) is 22.8. The van der Waals surface area contributed by atoms with Crippen LogP contribution < -0.4 is 14.8 Å². The van der Waals surface area contributed by atoms with E-state index in [1.165, 1.54) is 0 Å². The van der Waals surface area contributed by atoms with Gasteiger partial charge < -0.3 is 14.8 Å². The molecule has 3 rings (SSSR count). The number of hydrogen-bond acceptors (Lipinski definition) is 5. The fourth-order valence-corrected chi connectivity index (χ4v) is 2.47. The summed E-state index contributed by atoms with van der Waals surface area (Å²) in [6.07, 6.45) is -6.68. The van der Waals surface area contributed by atoms with Gasteiger partial charge in [-0.05, 0) is 36.4 Å². The largest absolute Gasteiger partial charge is 0.573 e. The van der Waals surface area contributed by atoms with Crippen molar-refractivity contribution < 1.29 is 45.0 Å². The summed E-state index contributed by atoms with van der Waals surface area (Å²) in [6.45, 7) is 0. The van der Waals surface area contributed by atoms with Gasteiger partial charge in [-0.3, -0.25) is 4.79 Å². The Morgan fingerprint density at radius 3 is 2.03 bits per heavy atom. The molecule has 0 radical (unpaired) electrons. The number of carbonyl (C=O) groups excluding carboxylic acids is 1. The van der Waals surface area contributed by atoms with E-state index in [-0.39, 0.29) is 11.4 Å². The lowest BCUT2D eigenvalue weighted by atomic mass is 10.1. The zero-order valence-electron chi connectivity index (χ0n) is 15.5. The molecule has 0 saturated carbocycles. The van der Waals surface area contributed by atoms with Gasteiger partial charge in [0, 0.05) is 0 Å². The highest BCUT2D eigenvalue weighted by Crippen LogP contribution is 2.37. The van der Waals surface area contributed by atoms with E-state index in [1.54, 1.807) is 0 Å². The second-order valence-corrected chi connectivity index (χ2v) is 6.00. The maximum atomic E-state index is 14.7. The summed E-state index contributed by atoms with van der Waals surface area (Å²) in [5.74, 6) is -4.60. The fourth-order valence-electron chi connectivity index (χ4n) is 2.47. The molecular formula is C19H10F7N3O3. The molecule has 0 unspecified atom stereocenters. The number of amides is 1. The number of rotatable bonds is 5. The van der Waals surface area contributed by atoms with Crippen molar-refractivity contribution in [3.63, 3.8) is 0 Å². The van der Waals surface area contributed by atoms with Gasteiger partial charge in [0.1, 0.15) is 29.1 Å². The zero-order chi connectivity index (χ0) is 23.5. The first-order chi connectivity index (χ1) is 14.9. The van der Waals surface area contributed by atoms with Gasteiger partial charge in [0.15, 0.2) is 5.82 Å². The number of anilines is 1. The predicted molar refractivity (Wildman–Crippen MR) is 94.6 cm³/mol. The molecule has 0 spiro atoms. The quantitative estimate of drug-likeness (QED) is 0.503. The van der Waals surface area contributed by atoms with Crippen LogP contribution in [0.5, 0.6) is 17.2 Å². The molecule has 13 heteroatoms. The molecule has 0 aliphatic carbocycles. The van der Waals surface area contributed by atoms with E-state index < -0.39 is 46.9 Å². The molecule has 0 saturated heterocycles. The standard InChI is InChI=1S/C19H10F7N3O3/c20-16-13(18(21,22)23)5-6-14(15(16)17(30)29-10-7-27-9-28-8-10)31-11-1-3-12(4-2-11)32-19(24,25)26/h1-9H,(H,29,30). The average molecular weight is 461 g/mol. The number of nitrogens with one attached hydrogen (secondary N) is 1. The number of nitrogens with zero attached hydrogens (tertiary/aromatic N) is 2. The summed E-state index contributed by atoms with van der Waals surface area (Å²) in [6, 6.07) is 4.79. The smallest absolute Gasteiger partial charge is 0.456 e. The van der Waals surface area contributed by atoms with Gasteiger partial charge in [-0.25, -0.2) is 14.4 Å². The summed E-state index contributed by atoms with van der Waals surface area (Å²) in [4.78, 5) is 19.8. The van der Waals surface area contributed by atoms with E-state index in [1.807, 2.05) is 0 Å². The van der Waals surface area contributed by atoms with E-state index in [9.17, 15) is 35.5 Å². The van der Waals surface area contributed by atoms with Crippen LogP contribution in [0.25, 0.3) is 0 Å². The van der Waals surface area contributed by atoms with Gasteiger partial charge >= 0.3 is 12.5 Å². The Morgan fingerprint density at radius 2 is 1.47 bits per heavy atom. The van der Waals surface area contributed by atoms with Crippen molar-refractivity contribution in [1.29, 1.82) is 0 Å². The van der Waals surface area contributed by atoms with Gasteiger partial charge in [-0.1, -0.05) is 0 Å². The summed E-state index contributed by atoms with van der Waals surface area (Å²) in [5.41, 5.74) is -2.83. The van der Waals surface area contributed by atoms with Crippen molar-refractivity contribution in [1.82, 2.24) is 9.97 Å². The summed E-state index contributed by atoms with van der Waals surface area (Å²) in [5, 5.41) is 2.14. The lowest BCUT2D eigenvalue weighted by molar-refractivity contribution is -0.274. The molecule has 2 aromatic carbocycles. The van der Waals surface area contributed by atoms with Gasteiger partial charge in [0.2, 0.25) is 0 Å². The molecule has 0 aliphatic heterocycles. The van der Waals surface area contributed by atoms with Crippen LogP contribution in [0.2, 0.25) is 0 Å². The monoisotopic (exact) mass is 461 g/mol. The van der Waals surface area contributed by atoms with Crippen LogP contribution in [-0.2, 0) is 6.18 Å². The van der Waals surface area contributed by atoms with Crippen LogP contribution in [-0.4, -0.2) is 22.2 Å². The number of ether oxygens (including phenoxy) is 2. The Balaban J connectivity index is 1.96. The van der Waals surface area contributed by atoms with Gasteiger partial charge in [0.05, 0.1) is 23.6 Å². The number of hydrogen-bond donors (Lipinski definition) is 1. The lowest BCUT2D eigenvalue weighted by Gasteiger charge is -2.16.